The summed E-state index contributed by atoms with van der Waals surface area (Å²) in [5.41, 5.74) is -0.226. The maximum absolute atomic E-state index is 12.6. The van der Waals surface area contributed by atoms with Gasteiger partial charge in [-0.25, -0.2) is 0 Å². The first-order valence-corrected chi connectivity index (χ1v) is 9.89. The Morgan fingerprint density at radius 2 is 1.67 bits per heavy atom. The van der Waals surface area contributed by atoms with E-state index in [0.717, 1.165) is 12.1 Å². The molecule has 0 radical (unpaired) electrons. The van der Waals surface area contributed by atoms with E-state index in [1.807, 2.05) is 0 Å². The van der Waals surface area contributed by atoms with Gasteiger partial charge in [0, 0.05) is 17.7 Å². The van der Waals surface area contributed by atoms with Gasteiger partial charge < -0.3 is 49.3 Å². The predicted octanol–water partition coefficient (Wildman–Crippen LogP) is 0.0585. The van der Waals surface area contributed by atoms with Crippen molar-refractivity contribution in [1.82, 2.24) is 0 Å². The molecule has 1 aliphatic rings. The monoisotopic (exact) mass is 462 g/mol. The molecule has 1 aliphatic heterocycles. The molecule has 0 unspecified atom stereocenters. The predicted molar refractivity (Wildman–Crippen MR) is 112 cm³/mol. The summed E-state index contributed by atoms with van der Waals surface area (Å²) in [6, 6.07) is 8.92. The number of benzene rings is 2. The Bertz CT molecular complexity index is 1200. The average molecular weight is 462 g/mol. The molecule has 33 heavy (non-hydrogen) atoms. The summed E-state index contributed by atoms with van der Waals surface area (Å²) in [5.74, 6) is -1.32. The molecule has 1 saturated heterocycles. The van der Waals surface area contributed by atoms with E-state index in [1.54, 1.807) is 24.3 Å². The molecule has 3 aromatic rings. The smallest absolute Gasteiger partial charge is 0.229 e. The van der Waals surface area contributed by atoms with E-state index in [0.29, 0.717) is 11.3 Å². The lowest BCUT2D eigenvalue weighted by molar-refractivity contribution is -0.277. The first-order chi connectivity index (χ1) is 15.7. The summed E-state index contributed by atoms with van der Waals surface area (Å²) in [6.07, 6.45) is -7.94. The van der Waals surface area contributed by atoms with E-state index in [2.05, 4.69) is 0 Å². The standard InChI is InChI=1S/C22H22O11/c1-30-10-4-2-9(3-5-10)12-6-11(24)16-13(31-12)7-14(17(25)19(16)27)32-22-21(29)20(28)18(26)15(8-23)33-22/h2-7,15,18,20-23,25-29H,8H2,1H3/t15-,18-,20+,21-,22+/m1/s1. The lowest BCUT2D eigenvalue weighted by Gasteiger charge is -2.39. The molecule has 11 heteroatoms. The van der Waals surface area contributed by atoms with E-state index in [4.69, 9.17) is 18.6 Å². The number of hydrogen-bond acceptors (Lipinski definition) is 11. The summed E-state index contributed by atoms with van der Waals surface area (Å²) in [4.78, 5) is 12.6. The zero-order valence-electron chi connectivity index (χ0n) is 17.3. The number of rotatable bonds is 5. The van der Waals surface area contributed by atoms with E-state index < -0.39 is 60.0 Å². The molecule has 11 nitrogen and oxygen atoms in total. The van der Waals surface area contributed by atoms with Crippen LogP contribution in [0.4, 0.5) is 0 Å². The molecule has 1 fully saturated rings. The fourth-order valence-electron chi connectivity index (χ4n) is 3.55. The van der Waals surface area contributed by atoms with E-state index in [9.17, 15) is 35.4 Å². The second-order valence-electron chi connectivity index (χ2n) is 7.46. The fraction of sp³-hybridized carbons (Fsp3) is 0.318. The number of hydrogen-bond donors (Lipinski definition) is 6. The minimum Gasteiger partial charge on any atom is -0.504 e. The third-order valence-corrected chi connectivity index (χ3v) is 5.40. The first-order valence-electron chi connectivity index (χ1n) is 9.89. The van der Waals surface area contributed by atoms with Gasteiger partial charge >= 0.3 is 0 Å². The second-order valence-corrected chi connectivity index (χ2v) is 7.46. The Morgan fingerprint density at radius 3 is 2.30 bits per heavy atom. The van der Waals surface area contributed by atoms with Crippen molar-refractivity contribution in [1.29, 1.82) is 0 Å². The summed E-state index contributed by atoms with van der Waals surface area (Å²) in [5, 5.41) is 59.7. The highest BCUT2D eigenvalue weighted by Gasteiger charge is 2.45. The second kappa shape index (κ2) is 8.89. The fourth-order valence-corrected chi connectivity index (χ4v) is 3.55. The van der Waals surface area contributed by atoms with Gasteiger partial charge in [-0.15, -0.1) is 0 Å². The van der Waals surface area contributed by atoms with Crippen molar-refractivity contribution >= 4 is 11.0 Å². The minimum absolute atomic E-state index is 0.136. The Kier molecular flexibility index (Phi) is 6.15. The number of methoxy groups -OCH3 is 1. The number of aliphatic hydroxyl groups is 4. The van der Waals surface area contributed by atoms with Crippen LogP contribution in [0.5, 0.6) is 23.0 Å². The highest BCUT2D eigenvalue weighted by Crippen LogP contribution is 2.42. The molecule has 2 aromatic carbocycles. The number of phenols is 2. The molecule has 6 N–H and O–H groups in total. The van der Waals surface area contributed by atoms with E-state index in [-0.39, 0.29) is 16.7 Å². The Labute approximate surface area is 186 Å². The van der Waals surface area contributed by atoms with Crippen molar-refractivity contribution in [2.24, 2.45) is 0 Å². The molecule has 5 atom stereocenters. The Morgan fingerprint density at radius 1 is 0.970 bits per heavy atom. The molecule has 0 amide bonds. The van der Waals surface area contributed by atoms with Crippen molar-refractivity contribution < 1.29 is 49.3 Å². The van der Waals surface area contributed by atoms with Crippen molar-refractivity contribution in [3.8, 4) is 34.3 Å². The zero-order valence-corrected chi connectivity index (χ0v) is 17.3. The number of phenolic OH excluding ortho intramolecular Hbond substituents is 2. The number of aromatic hydroxyl groups is 2. The van der Waals surface area contributed by atoms with Crippen LogP contribution in [-0.2, 0) is 4.74 Å². The van der Waals surface area contributed by atoms with Crippen LogP contribution >= 0.6 is 0 Å². The molecule has 2 heterocycles. The van der Waals surface area contributed by atoms with Crippen molar-refractivity contribution in [2.45, 2.75) is 30.7 Å². The third kappa shape index (κ3) is 4.08. The van der Waals surface area contributed by atoms with Crippen LogP contribution in [0.3, 0.4) is 0 Å². The Hall–Kier alpha value is -3.35. The van der Waals surface area contributed by atoms with Gasteiger partial charge in [-0.1, -0.05) is 0 Å². The van der Waals surface area contributed by atoms with E-state index in [1.165, 1.54) is 7.11 Å². The number of ether oxygens (including phenoxy) is 3. The lowest BCUT2D eigenvalue weighted by Crippen LogP contribution is -2.60. The van der Waals surface area contributed by atoms with Gasteiger partial charge in [0.2, 0.25) is 12.0 Å². The summed E-state index contributed by atoms with van der Waals surface area (Å²) >= 11 is 0. The van der Waals surface area contributed by atoms with Crippen LogP contribution in [0.2, 0.25) is 0 Å². The molecular weight excluding hydrogens is 440 g/mol. The normalized spacial score (nSPS) is 25.2. The zero-order chi connectivity index (χ0) is 23.9. The highest BCUT2D eigenvalue weighted by molar-refractivity contribution is 5.89. The summed E-state index contributed by atoms with van der Waals surface area (Å²) < 4.78 is 21.5. The van der Waals surface area contributed by atoms with Gasteiger partial charge in [0.15, 0.2) is 16.9 Å². The van der Waals surface area contributed by atoms with Gasteiger partial charge in [-0.05, 0) is 24.3 Å². The lowest BCUT2D eigenvalue weighted by atomic mass is 9.99. The maximum atomic E-state index is 12.6. The molecule has 4 rings (SSSR count). The van der Waals surface area contributed by atoms with Gasteiger partial charge in [-0.2, -0.15) is 0 Å². The van der Waals surface area contributed by atoms with Crippen LogP contribution in [0.25, 0.3) is 22.3 Å². The topological polar surface area (TPSA) is 179 Å². The average Bonchev–Trinajstić information content (AvgIpc) is 2.82. The quantitative estimate of drug-likeness (QED) is 0.282. The SMILES string of the molecule is COc1ccc(-c2cc(=O)c3c(O)c(O)c(O[C@H]4O[C@H](CO)[C@@H](O)[C@H](O)[C@H]4O)cc3o2)cc1. The summed E-state index contributed by atoms with van der Waals surface area (Å²) in [7, 11) is 1.51. The van der Waals surface area contributed by atoms with Crippen LogP contribution in [0, 0.1) is 0 Å². The molecule has 0 spiro atoms. The van der Waals surface area contributed by atoms with Crippen LogP contribution in [0.15, 0.2) is 45.6 Å². The molecule has 0 aliphatic carbocycles. The number of aliphatic hydroxyl groups excluding tert-OH is 4. The van der Waals surface area contributed by atoms with Gasteiger partial charge in [0.05, 0.1) is 13.7 Å². The van der Waals surface area contributed by atoms with Gasteiger partial charge in [0.1, 0.15) is 46.9 Å². The van der Waals surface area contributed by atoms with Gasteiger partial charge in [-0.3, -0.25) is 4.79 Å². The van der Waals surface area contributed by atoms with Crippen LogP contribution in [-0.4, -0.2) is 75.1 Å². The largest absolute Gasteiger partial charge is 0.504 e. The number of fused-ring (bicyclic) bond motifs is 1. The van der Waals surface area contributed by atoms with E-state index >= 15 is 0 Å². The maximum Gasteiger partial charge on any atom is 0.229 e. The third-order valence-electron chi connectivity index (χ3n) is 5.40. The molecule has 176 valence electrons. The van der Waals surface area contributed by atoms with Crippen molar-refractivity contribution in [3.05, 3.63) is 46.6 Å². The molecule has 1 aromatic heterocycles. The molecular formula is C22H22O11. The first kappa shape index (κ1) is 22.8. The van der Waals surface area contributed by atoms with Crippen LogP contribution in [0.1, 0.15) is 0 Å². The highest BCUT2D eigenvalue weighted by atomic mass is 16.7. The Balaban J connectivity index is 1.75. The summed E-state index contributed by atoms with van der Waals surface area (Å²) in [6.45, 7) is -0.681. The van der Waals surface area contributed by atoms with Crippen molar-refractivity contribution in [2.75, 3.05) is 13.7 Å². The minimum atomic E-state index is -1.75. The molecule has 0 saturated carbocycles. The molecule has 0 bridgehead atoms. The van der Waals surface area contributed by atoms with Gasteiger partial charge in [0.25, 0.3) is 0 Å². The van der Waals surface area contributed by atoms with Crippen LogP contribution < -0.4 is 14.9 Å². The van der Waals surface area contributed by atoms with Crippen molar-refractivity contribution in [3.63, 3.8) is 0 Å².